The topological polar surface area (TPSA) is 26.3 Å². The Hall–Kier alpha value is -2.87. The lowest BCUT2D eigenvalue weighted by Gasteiger charge is -2.04. The van der Waals surface area contributed by atoms with Crippen molar-refractivity contribution in [1.82, 2.24) is 0 Å². The molecule has 0 aliphatic heterocycles. The molecule has 0 saturated carbocycles. The Kier molecular flexibility index (Phi) is 4.01. The van der Waals surface area contributed by atoms with E-state index in [0.717, 1.165) is 22.1 Å². The molecule has 3 aromatic carbocycles. The highest BCUT2D eigenvalue weighted by molar-refractivity contribution is 6.08. The van der Waals surface area contributed by atoms with E-state index in [4.69, 9.17) is 4.74 Å². The summed E-state index contributed by atoms with van der Waals surface area (Å²) in [5.41, 5.74) is 1.70. The lowest BCUT2D eigenvalue weighted by Crippen LogP contribution is -1.94. The van der Waals surface area contributed by atoms with Crippen LogP contribution in [0.5, 0.6) is 5.75 Å². The molecule has 0 heterocycles. The van der Waals surface area contributed by atoms with Crippen LogP contribution in [0, 0.1) is 0 Å². The number of ketones is 1. The van der Waals surface area contributed by atoms with Gasteiger partial charge in [-0.3, -0.25) is 4.79 Å². The van der Waals surface area contributed by atoms with Gasteiger partial charge in [-0.1, -0.05) is 54.6 Å². The van der Waals surface area contributed by atoms with Crippen molar-refractivity contribution in [3.05, 3.63) is 83.9 Å². The summed E-state index contributed by atoms with van der Waals surface area (Å²) in [5.74, 6) is 0.817. The minimum Gasteiger partial charge on any atom is -0.497 e. The number of rotatable bonds is 4. The van der Waals surface area contributed by atoms with Gasteiger partial charge in [-0.05, 0) is 40.6 Å². The van der Waals surface area contributed by atoms with Crippen molar-refractivity contribution < 1.29 is 9.53 Å². The second-order valence-corrected chi connectivity index (χ2v) is 5.04. The van der Waals surface area contributed by atoms with Crippen molar-refractivity contribution in [2.75, 3.05) is 7.11 Å². The van der Waals surface area contributed by atoms with Gasteiger partial charge in [0.2, 0.25) is 0 Å². The second kappa shape index (κ2) is 6.27. The number of benzene rings is 3. The van der Waals surface area contributed by atoms with Crippen LogP contribution < -0.4 is 4.74 Å². The molecule has 0 bridgehead atoms. The van der Waals surface area contributed by atoms with Crippen molar-refractivity contribution in [3.63, 3.8) is 0 Å². The Morgan fingerprint density at radius 3 is 2.41 bits per heavy atom. The van der Waals surface area contributed by atoms with Gasteiger partial charge in [-0.2, -0.15) is 0 Å². The number of allylic oxidation sites excluding steroid dienone is 1. The van der Waals surface area contributed by atoms with Crippen LogP contribution in [0.1, 0.15) is 15.9 Å². The second-order valence-electron chi connectivity index (χ2n) is 5.04. The Morgan fingerprint density at radius 2 is 1.64 bits per heavy atom. The van der Waals surface area contributed by atoms with E-state index < -0.39 is 0 Å². The third-order valence-corrected chi connectivity index (χ3v) is 3.56. The fourth-order valence-electron chi connectivity index (χ4n) is 2.34. The molecule has 0 aliphatic carbocycles. The molecule has 0 N–H and O–H groups in total. The van der Waals surface area contributed by atoms with Gasteiger partial charge in [0.1, 0.15) is 5.75 Å². The third kappa shape index (κ3) is 3.07. The Morgan fingerprint density at radius 1 is 0.909 bits per heavy atom. The van der Waals surface area contributed by atoms with Crippen LogP contribution >= 0.6 is 0 Å². The third-order valence-electron chi connectivity index (χ3n) is 3.56. The minimum absolute atomic E-state index is 0.00145. The first-order chi connectivity index (χ1) is 10.8. The Bertz CT molecular complexity index is 833. The average Bonchev–Trinajstić information content (AvgIpc) is 2.59. The zero-order chi connectivity index (χ0) is 15.4. The van der Waals surface area contributed by atoms with E-state index in [2.05, 4.69) is 0 Å². The van der Waals surface area contributed by atoms with E-state index in [0.29, 0.717) is 5.56 Å². The summed E-state index contributed by atoms with van der Waals surface area (Å²) < 4.78 is 5.21. The predicted octanol–water partition coefficient (Wildman–Crippen LogP) is 4.74. The molecule has 3 aromatic rings. The molecular weight excluding hydrogens is 272 g/mol. The van der Waals surface area contributed by atoms with Gasteiger partial charge in [0, 0.05) is 5.56 Å². The standard InChI is InChI=1S/C20H16O2/c1-22-19-11-10-16-13-18(9-8-17(16)14-19)20(21)12-7-15-5-3-2-4-6-15/h2-14H,1H3/b12-7+. The van der Waals surface area contributed by atoms with Gasteiger partial charge in [0.25, 0.3) is 0 Å². The van der Waals surface area contributed by atoms with Crippen molar-refractivity contribution in [2.45, 2.75) is 0 Å². The maximum absolute atomic E-state index is 12.3. The molecule has 0 atom stereocenters. The predicted molar refractivity (Wildman–Crippen MR) is 90.3 cm³/mol. The molecule has 0 radical (unpaired) electrons. The quantitative estimate of drug-likeness (QED) is 0.512. The fraction of sp³-hybridized carbons (Fsp3) is 0.0500. The van der Waals surface area contributed by atoms with Crippen LogP contribution in [0.4, 0.5) is 0 Å². The van der Waals surface area contributed by atoms with Gasteiger partial charge in [-0.15, -0.1) is 0 Å². The van der Waals surface area contributed by atoms with E-state index in [1.807, 2.05) is 72.8 Å². The van der Waals surface area contributed by atoms with E-state index in [9.17, 15) is 4.79 Å². The van der Waals surface area contributed by atoms with Gasteiger partial charge >= 0.3 is 0 Å². The smallest absolute Gasteiger partial charge is 0.185 e. The molecule has 22 heavy (non-hydrogen) atoms. The Balaban J connectivity index is 1.86. The lowest BCUT2D eigenvalue weighted by atomic mass is 10.0. The first kappa shape index (κ1) is 14.1. The molecule has 0 saturated heterocycles. The number of methoxy groups -OCH3 is 1. The van der Waals surface area contributed by atoms with Crippen LogP contribution in [0.2, 0.25) is 0 Å². The molecule has 108 valence electrons. The van der Waals surface area contributed by atoms with Crippen LogP contribution in [0.25, 0.3) is 16.8 Å². The molecule has 2 nitrogen and oxygen atoms in total. The van der Waals surface area contributed by atoms with Gasteiger partial charge in [-0.25, -0.2) is 0 Å². The summed E-state index contributed by atoms with van der Waals surface area (Å²) in [6, 6.07) is 21.3. The summed E-state index contributed by atoms with van der Waals surface area (Å²) >= 11 is 0. The fourth-order valence-corrected chi connectivity index (χ4v) is 2.34. The van der Waals surface area contributed by atoms with Gasteiger partial charge in [0.15, 0.2) is 5.78 Å². The lowest BCUT2D eigenvalue weighted by molar-refractivity contribution is 0.104. The molecule has 0 amide bonds. The summed E-state index contributed by atoms with van der Waals surface area (Å²) in [5, 5.41) is 2.09. The summed E-state index contributed by atoms with van der Waals surface area (Å²) in [7, 11) is 1.65. The molecule has 2 heteroatoms. The van der Waals surface area contributed by atoms with Crippen molar-refractivity contribution in [2.24, 2.45) is 0 Å². The highest BCUT2D eigenvalue weighted by Crippen LogP contribution is 2.22. The number of carbonyl (C=O) groups is 1. The van der Waals surface area contributed by atoms with E-state index in [1.54, 1.807) is 13.2 Å². The van der Waals surface area contributed by atoms with Crippen LogP contribution in [0.15, 0.2) is 72.8 Å². The van der Waals surface area contributed by atoms with E-state index in [-0.39, 0.29) is 5.78 Å². The number of ether oxygens (including phenoxy) is 1. The first-order valence-electron chi connectivity index (χ1n) is 7.11. The zero-order valence-electron chi connectivity index (χ0n) is 12.3. The molecule has 0 spiro atoms. The zero-order valence-corrected chi connectivity index (χ0v) is 12.3. The van der Waals surface area contributed by atoms with Crippen molar-refractivity contribution >= 4 is 22.6 Å². The maximum atomic E-state index is 12.3. The van der Waals surface area contributed by atoms with Gasteiger partial charge in [0.05, 0.1) is 7.11 Å². The van der Waals surface area contributed by atoms with Crippen molar-refractivity contribution in [1.29, 1.82) is 0 Å². The molecule has 0 aromatic heterocycles. The molecular formula is C20H16O2. The number of fused-ring (bicyclic) bond motifs is 1. The molecule has 0 aliphatic rings. The summed E-state index contributed by atoms with van der Waals surface area (Å²) in [6.45, 7) is 0. The SMILES string of the molecule is COc1ccc2cc(C(=O)/C=C/c3ccccc3)ccc2c1. The van der Waals surface area contributed by atoms with Crippen LogP contribution in [-0.4, -0.2) is 12.9 Å². The highest BCUT2D eigenvalue weighted by Gasteiger charge is 2.04. The van der Waals surface area contributed by atoms with Crippen LogP contribution in [-0.2, 0) is 0 Å². The van der Waals surface area contributed by atoms with Gasteiger partial charge < -0.3 is 4.74 Å². The monoisotopic (exact) mass is 288 g/mol. The molecule has 0 fully saturated rings. The van der Waals surface area contributed by atoms with Crippen molar-refractivity contribution in [3.8, 4) is 5.75 Å². The maximum Gasteiger partial charge on any atom is 0.185 e. The average molecular weight is 288 g/mol. The largest absolute Gasteiger partial charge is 0.497 e. The van der Waals surface area contributed by atoms with E-state index >= 15 is 0 Å². The Labute approximate surface area is 129 Å². The number of carbonyl (C=O) groups excluding carboxylic acids is 1. The number of hydrogen-bond acceptors (Lipinski definition) is 2. The summed E-state index contributed by atoms with van der Waals surface area (Å²) in [4.78, 5) is 12.3. The first-order valence-corrected chi connectivity index (χ1v) is 7.11. The van der Waals surface area contributed by atoms with Crippen LogP contribution in [0.3, 0.4) is 0 Å². The molecule has 0 unspecified atom stereocenters. The highest BCUT2D eigenvalue weighted by atomic mass is 16.5. The number of hydrogen-bond donors (Lipinski definition) is 0. The summed E-state index contributed by atoms with van der Waals surface area (Å²) in [6.07, 6.45) is 3.45. The normalized spacial score (nSPS) is 11.0. The van der Waals surface area contributed by atoms with E-state index in [1.165, 1.54) is 0 Å². The molecule has 3 rings (SSSR count). The minimum atomic E-state index is 0.00145.